The predicted octanol–water partition coefficient (Wildman–Crippen LogP) is 2.09. The van der Waals surface area contributed by atoms with Crippen molar-refractivity contribution in [3.05, 3.63) is 45.2 Å². The maximum Gasteiger partial charge on any atom is 0.201 e. The van der Waals surface area contributed by atoms with Crippen LogP contribution in [0.15, 0.2) is 28.0 Å². The van der Waals surface area contributed by atoms with Crippen LogP contribution in [0, 0.1) is 5.92 Å². The Morgan fingerprint density at radius 1 is 1.10 bits per heavy atom. The summed E-state index contributed by atoms with van der Waals surface area (Å²) >= 11 is 0. The Balaban J connectivity index is 0.000000324. The average Bonchev–Trinajstić information content (AvgIpc) is 2.98. The fourth-order valence-corrected chi connectivity index (χ4v) is 5.84. The van der Waals surface area contributed by atoms with Gasteiger partial charge in [-0.1, -0.05) is 19.9 Å². The van der Waals surface area contributed by atoms with Crippen molar-refractivity contribution in [1.29, 1.82) is 0 Å². The number of aliphatic hydroxyl groups excluding tert-OH is 3. The molecule has 11 heteroatoms. The van der Waals surface area contributed by atoms with Gasteiger partial charge >= 0.3 is 0 Å². The van der Waals surface area contributed by atoms with Crippen LogP contribution in [0.1, 0.15) is 78.3 Å². The number of aliphatic hydroxyl groups is 3. The van der Waals surface area contributed by atoms with Crippen molar-refractivity contribution in [3.63, 3.8) is 0 Å². The first-order chi connectivity index (χ1) is 19.5. The molecule has 1 heterocycles. The number of aliphatic imine (C=N–C) groups is 1. The minimum absolute atomic E-state index is 0.0975. The third kappa shape index (κ3) is 6.09. The van der Waals surface area contributed by atoms with Gasteiger partial charge in [-0.3, -0.25) is 14.6 Å². The molecule has 4 aliphatic rings. The molecule has 1 fully saturated rings. The molecule has 0 saturated carbocycles. The quantitative estimate of drug-likeness (QED) is 0.230. The lowest BCUT2D eigenvalue weighted by molar-refractivity contribution is -0.198. The molecule has 0 bridgehead atoms. The summed E-state index contributed by atoms with van der Waals surface area (Å²) in [7, 11) is 3.06. The number of methoxy groups -OCH3 is 1. The first-order valence-electron chi connectivity index (χ1n) is 14.1. The standard InChI is InChI=1S/C22H23NO6.C6H13NO3.C2H6/c1-23-14(9-24)10-6-7-11-13(8-10)21(27)17-18(19(11)25)22(28)16-12(20(17)26)4-3-5-15(16)29-2;1-3-6(9)4(7)2-5(8)10-3;1-2/h4,10,24-25,27H,3,5-9H2,1-2H3;3-6,8-9H,2,7H2,1H3;1-2H3. The molecule has 1 aromatic rings. The number of nitrogens with zero attached hydrogens (tertiary/aromatic N) is 1. The zero-order chi connectivity index (χ0) is 30.6. The first kappa shape index (κ1) is 32.4. The van der Waals surface area contributed by atoms with Crippen molar-refractivity contribution >= 4 is 17.3 Å². The zero-order valence-electron chi connectivity index (χ0n) is 24.3. The van der Waals surface area contributed by atoms with Crippen LogP contribution in [0.2, 0.25) is 0 Å². The average molecular weight is 575 g/mol. The Morgan fingerprint density at radius 2 is 1.73 bits per heavy atom. The molecule has 7 N–H and O–H groups in total. The monoisotopic (exact) mass is 574 g/mol. The normalized spacial score (nSPS) is 27.3. The molecule has 5 atom stereocenters. The number of aromatic hydroxyl groups is 2. The van der Waals surface area contributed by atoms with Crippen LogP contribution >= 0.6 is 0 Å². The molecular formula is C30H42N2O9. The van der Waals surface area contributed by atoms with E-state index in [4.69, 9.17) is 20.3 Å². The number of hydrogen-bond donors (Lipinski definition) is 6. The first-order valence-corrected chi connectivity index (χ1v) is 14.1. The van der Waals surface area contributed by atoms with E-state index in [1.165, 1.54) is 7.11 Å². The van der Waals surface area contributed by atoms with Gasteiger partial charge < -0.3 is 40.7 Å². The number of fused-ring (bicyclic) bond motifs is 3. The summed E-state index contributed by atoms with van der Waals surface area (Å²) in [6.07, 6.45) is 2.60. The number of ether oxygens (including phenoxy) is 2. The highest BCUT2D eigenvalue weighted by Gasteiger charge is 2.43. The Bertz CT molecular complexity index is 1260. The second kappa shape index (κ2) is 13.7. The summed E-state index contributed by atoms with van der Waals surface area (Å²) in [6, 6.07) is -0.362. The maximum atomic E-state index is 13.2. The molecule has 1 saturated heterocycles. The minimum Gasteiger partial charge on any atom is -0.507 e. The Morgan fingerprint density at radius 3 is 2.32 bits per heavy atom. The summed E-state index contributed by atoms with van der Waals surface area (Å²) < 4.78 is 10.2. The predicted molar refractivity (Wildman–Crippen MR) is 152 cm³/mol. The number of phenolic OH excluding ortho intramolecular Hbond substituents is 2. The summed E-state index contributed by atoms with van der Waals surface area (Å²) in [5, 5.41) is 49.6. The lowest BCUT2D eigenvalue weighted by Crippen LogP contribution is -2.51. The number of carbonyl (C=O) groups excluding carboxylic acids is 2. The van der Waals surface area contributed by atoms with E-state index in [0.717, 1.165) is 0 Å². The molecule has 41 heavy (non-hydrogen) atoms. The molecule has 11 nitrogen and oxygen atoms in total. The highest BCUT2D eigenvalue weighted by atomic mass is 16.6. The van der Waals surface area contributed by atoms with Gasteiger partial charge in [-0.15, -0.1) is 0 Å². The summed E-state index contributed by atoms with van der Waals surface area (Å²) in [5.74, 6) is -1.14. The summed E-state index contributed by atoms with van der Waals surface area (Å²) in [5.41, 5.74) is 7.13. The van der Waals surface area contributed by atoms with Crippen LogP contribution in [0.5, 0.6) is 11.5 Å². The van der Waals surface area contributed by atoms with Crippen molar-refractivity contribution in [1.82, 2.24) is 0 Å². The molecule has 0 radical (unpaired) electrons. The fourth-order valence-electron chi connectivity index (χ4n) is 5.84. The van der Waals surface area contributed by atoms with E-state index in [2.05, 4.69) is 4.99 Å². The number of phenols is 2. The lowest BCUT2D eigenvalue weighted by Gasteiger charge is -2.33. The van der Waals surface area contributed by atoms with Gasteiger partial charge in [-0.05, 0) is 32.6 Å². The smallest absolute Gasteiger partial charge is 0.201 e. The highest BCUT2D eigenvalue weighted by molar-refractivity contribution is 6.33. The van der Waals surface area contributed by atoms with Crippen molar-refractivity contribution in [2.45, 2.75) is 83.8 Å². The lowest BCUT2D eigenvalue weighted by atomic mass is 9.73. The van der Waals surface area contributed by atoms with Crippen LogP contribution in [-0.4, -0.2) is 88.1 Å². The number of rotatable bonds is 3. The van der Waals surface area contributed by atoms with Gasteiger partial charge in [0.1, 0.15) is 17.3 Å². The van der Waals surface area contributed by atoms with Crippen molar-refractivity contribution in [2.75, 3.05) is 20.8 Å². The third-order valence-corrected chi connectivity index (χ3v) is 7.98. The Hall–Kier alpha value is -3.09. The number of benzene rings is 1. The molecule has 1 aliphatic heterocycles. The largest absolute Gasteiger partial charge is 0.507 e. The third-order valence-electron chi connectivity index (χ3n) is 7.98. The fraction of sp³-hybridized carbons (Fsp3) is 0.567. The summed E-state index contributed by atoms with van der Waals surface area (Å²) in [4.78, 5) is 30.5. The molecule has 0 spiro atoms. The molecule has 0 aromatic heterocycles. The highest BCUT2D eigenvalue weighted by Crippen LogP contribution is 2.48. The molecule has 5 unspecified atom stereocenters. The van der Waals surface area contributed by atoms with Crippen LogP contribution in [-0.2, 0) is 22.3 Å². The molecule has 0 amide bonds. The van der Waals surface area contributed by atoms with E-state index in [0.29, 0.717) is 61.1 Å². The SMILES string of the molecule is CC.CC1OC(O)CC(N)C1O.CN=C(CO)C1CCc2c(O)c3c(c(O)c2C1)C(=O)C1=CCCC(OC)=C1C3=O. The topological polar surface area (TPSA) is 192 Å². The number of hydrogen-bond acceptors (Lipinski definition) is 11. The number of allylic oxidation sites excluding steroid dienone is 4. The van der Waals surface area contributed by atoms with Crippen LogP contribution in [0.3, 0.4) is 0 Å². The van der Waals surface area contributed by atoms with Gasteiger partial charge in [0.2, 0.25) is 5.78 Å². The van der Waals surface area contributed by atoms with Gasteiger partial charge in [-0.25, -0.2) is 0 Å². The van der Waals surface area contributed by atoms with Crippen molar-refractivity contribution < 1.29 is 44.6 Å². The van der Waals surface area contributed by atoms with E-state index >= 15 is 0 Å². The second-order valence-electron chi connectivity index (χ2n) is 10.2. The molecule has 1 aromatic carbocycles. The van der Waals surface area contributed by atoms with Gasteiger partial charge in [0.05, 0.1) is 42.6 Å². The molecule has 5 rings (SSSR count). The number of ketones is 2. The van der Waals surface area contributed by atoms with E-state index in [9.17, 15) is 30.0 Å². The number of carbonyl (C=O) groups is 2. The Kier molecular flexibility index (Phi) is 10.8. The minimum atomic E-state index is -0.812. The van der Waals surface area contributed by atoms with Crippen molar-refractivity contribution in [3.8, 4) is 11.5 Å². The van der Waals surface area contributed by atoms with E-state index in [1.807, 2.05) is 13.8 Å². The van der Waals surface area contributed by atoms with Gasteiger partial charge in [0.15, 0.2) is 12.1 Å². The maximum absolute atomic E-state index is 13.2. The van der Waals surface area contributed by atoms with E-state index in [-0.39, 0.29) is 58.4 Å². The molecule has 226 valence electrons. The zero-order valence-corrected chi connectivity index (χ0v) is 24.3. The number of Topliss-reactive ketones (excluding diaryl/α,β-unsaturated/α-hetero) is 2. The van der Waals surface area contributed by atoms with Gasteiger partial charge in [0.25, 0.3) is 0 Å². The van der Waals surface area contributed by atoms with Crippen LogP contribution < -0.4 is 5.73 Å². The second-order valence-corrected chi connectivity index (χ2v) is 10.2. The van der Waals surface area contributed by atoms with Gasteiger partial charge in [0, 0.05) is 54.3 Å². The van der Waals surface area contributed by atoms with Crippen LogP contribution in [0.4, 0.5) is 0 Å². The van der Waals surface area contributed by atoms with Crippen LogP contribution in [0.25, 0.3) is 0 Å². The van der Waals surface area contributed by atoms with Gasteiger partial charge in [-0.2, -0.15) is 0 Å². The van der Waals surface area contributed by atoms with E-state index in [1.54, 1.807) is 20.0 Å². The molecular weight excluding hydrogens is 532 g/mol. The Labute approximate surface area is 240 Å². The number of nitrogens with two attached hydrogens (primary N) is 1. The van der Waals surface area contributed by atoms with Crippen molar-refractivity contribution in [2.24, 2.45) is 16.6 Å². The van der Waals surface area contributed by atoms with E-state index < -0.39 is 24.0 Å². The molecule has 3 aliphatic carbocycles. The summed E-state index contributed by atoms with van der Waals surface area (Å²) in [6.45, 7) is 5.50.